The molecule has 0 rings (SSSR count). The van der Waals surface area contributed by atoms with Gasteiger partial charge in [0.25, 0.3) is 0 Å². The fourth-order valence-electron chi connectivity index (χ4n) is 0. The molecule has 0 saturated carbocycles. The van der Waals surface area contributed by atoms with Gasteiger partial charge in [-0.15, -0.1) is 0 Å². The molecule has 0 radical (unpaired) electrons. The van der Waals surface area contributed by atoms with E-state index < -0.39 is 0 Å². The van der Waals surface area contributed by atoms with Gasteiger partial charge in [-0.2, -0.15) is 0 Å². The summed E-state index contributed by atoms with van der Waals surface area (Å²) in [5.74, 6) is 0. The van der Waals surface area contributed by atoms with Gasteiger partial charge in [-0.1, -0.05) is 0 Å². The predicted molar refractivity (Wildman–Crippen MR) is 8.20 cm³/mol. The van der Waals surface area contributed by atoms with Crippen molar-refractivity contribution >= 4 is 0 Å². The third-order valence-electron chi connectivity index (χ3n) is 0. The van der Waals surface area contributed by atoms with Gasteiger partial charge in [0, 0.05) is 0 Å². The summed E-state index contributed by atoms with van der Waals surface area (Å²) >= 11 is 2.00. The summed E-state index contributed by atoms with van der Waals surface area (Å²) in [6, 6.07) is 0. The average molecular weight is 132 g/mol. The van der Waals surface area contributed by atoms with E-state index in [0.29, 0.717) is 0 Å². The van der Waals surface area contributed by atoms with Crippen LogP contribution in [0.15, 0.2) is 0 Å². The molecular formula is H3F3FeO. The van der Waals surface area contributed by atoms with Crippen molar-refractivity contribution in [3.05, 3.63) is 0 Å². The zero-order valence-corrected chi connectivity index (χ0v) is 3.09. The Morgan fingerprint density at radius 2 is 0.800 bits per heavy atom. The molecule has 0 bridgehead atoms. The van der Waals surface area contributed by atoms with Gasteiger partial charge in [0.05, 0.1) is 0 Å². The van der Waals surface area contributed by atoms with E-state index in [4.69, 9.17) is 3.83 Å². The summed E-state index contributed by atoms with van der Waals surface area (Å²) in [5, 5.41) is 0. The molecule has 0 unspecified atom stereocenters. The maximum atomic E-state index is 8.00. The third-order valence-corrected chi connectivity index (χ3v) is 0. The van der Waals surface area contributed by atoms with Gasteiger partial charge < -0.3 is 0 Å². The van der Waals surface area contributed by atoms with E-state index in [0.717, 1.165) is 0 Å². The third kappa shape index (κ3) is 1530. The molecule has 0 atom stereocenters. The first kappa shape index (κ1) is 70.1. The molecule has 5 heavy (non-hydrogen) atoms. The standard InChI is InChI=1S/3FH.Fe.O/h3*1H;;. The van der Waals surface area contributed by atoms with Crippen molar-refractivity contribution < 1.29 is 33.9 Å². The second-order valence-corrected chi connectivity index (χ2v) is 0. The van der Waals surface area contributed by atoms with Crippen molar-refractivity contribution in [3.8, 4) is 0 Å². The van der Waals surface area contributed by atoms with E-state index in [-0.39, 0.29) is 14.1 Å². The zero-order chi connectivity index (χ0) is 2.00. The minimum absolute atomic E-state index is 0. The molecule has 0 aromatic rings. The second kappa shape index (κ2) is 3320. The molecule has 0 aromatic carbocycles. The van der Waals surface area contributed by atoms with Crippen LogP contribution in [0.2, 0.25) is 0 Å². The van der Waals surface area contributed by atoms with Crippen LogP contribution in [0.25, 0.3) is 0 Å². The molecule has 0 aromatic heterocycles. The maximum absolute atomic E-state index is 8.00. The summed E-state index contributed by atoms with van der Waals surface area (Å²) in [7, 11) is 0. The van der Waals surface area contributed by atoms with Crippen molar-refractivity contribution in [2.45, 2.75) is 0 Å². The zero-order valence-electron chi connectivity index (χ0n) is 1.99. The van der Waals surface area contributed by atoms with Crippen LogP contribution in [-0.2, 0) is 19.8 Å². The molecule has 0 aliphatic rings. The van der Waals surface area contributed by atoms with Gasteiger partial charge in [-0.3, -0.25) is 14.1 Å². The summed E-state index contributed by atoms with van der Waals surface area (Å²) in [5.41, 5.74) is 0. The van der Waals surface area contributed by atoms with E-state index in [9.17, 15) is 0 Å². The number of hydrogen-bond acceptors (Lipinski definition) is 1. The van der Waals surface area contributed by atoms with Gasteiger partial charge >= 0.3 is 19.8 Å². The normalized spacial score (nSPS) is 1.00. The molecule has 5 heteroatoms. The first-order valence-electron chi connectivity index (χ1n) is 0.144. The molecule has 0 amide bonds. The van der Waals surface area contributed by atoms with Crippen molar-refractivity contribution in [1.82, 2.24) is 0 Å². The fourth-order valence-corrected chi connectivity index (χ4v) is 0. The van der Waals surface area contributed by atoms with Gasteiger partial charge in [0.1, 0.15) is 0 Å². The first-order chi connectivity index (χ1) is 1.00. The van der Waals surface area contributed by atoms with Crippen LogP contribution in [0, 0.1) is 0 Å². The molecule has 0 spiro atoms. The Labute approximate surface area is 34.9 Å². The van der Waals surface area contributed by atoms with Crippen molar-refractivity contribution in [3.63, 3.8) is 0 Å². The van der Waals surface area contributed by atoms with E-state index in [1.807, 2.05) is 15.9 Å². The topological polar surface area (TPSA) is 17.1 Å². The van der Waals surface area contributed by atoms with Gasteiger partial charge in [-0.25, -0.2) is 0 Å². The quantitative estimate of drug-likeness (QED) is 0.434. The molecule has 0 heterocycles. The second-order valence-electron chi connectivity index (χ2n) is 0. The van der Waals surface area contributed by atoms with Crippen LogP contribution in [0.5, 0.6) is 0 Å². The van der Waals surface area contributed by atoms with E-state index >= 15 is 0 Å². The fraction of sp³-hybridized carbons (Fsp3) is 0. The SMILES string of the molecule is F.F.F.[O]=[Fe]. The van der Waals surface area contributed by atoms with Crippen LogP contribution in [0.3, 0.4) is 0 Å². The molecule has 0 saturated heterocycles. The summed E-state index contributed by atoms with van der Waals surface area (Å²) in [4.78, 5) is 0. The molecule has 0 N–H and O–H groups in total. The molecule has 0 aliphatic carbocycles. The van der Waals surface area contributed by atoms with Crippen LogP contribution in [0.1, 0.15) is 0 Å². The predicted octanol–water partition coefficient (Wildman–Crippen LogP) is 0.336. The Bertz CT molecular complexity index is 6.85. The van der Waals surface area contributed by atoms with Gasteiger partial charge in [-0.05, 0) is 0 Å². The van der Waals surface area contributed by atoms with E-state index in [1.165, 1.54) is 0 Å². The monoisotopic (exact) mass is 132 g/mol. The first-order valence-corrected chi connectivity index (χ1v) is 0.595. The van der Waals surface area contributed by atoms with Crippen molar-refractivity contribution in [2.75, 3.05) is 0 Å². The molecular weight excluding hydrogens is 129 g/mol. The Balaban J connectivity index is -0.00000000167. The van der Waals surface area contributed by atoms with Gasteiger partial charge in [0.2, 0.25) is 0 Å². The summed E-state index contributed by atoms with van der Waals surface area (Å²) in [6.07, 6.45) is 0. The molecule has 0 aliphatic heterocycles. The molecule has 38 valence electrons. The number of rotatable bonds is 0. The Hall–Kier alpha value is 0.109. The average Bonchev–Trinajstić information content (AvgIpc) is 1.00. The molecule has 0 fully saturated rings. The van der Waals surface area contributed by atoms with Crippen LogP contribution in [0.4, 0.5) is 14.1 Å². The molecule has 1 nitrogen and oxygen atoms in total. The van der Waals surface area contributed by atoms with Crippen LogP contribution < -0.4 is 0 Å². The number of hydrogen-bond donors (Lipinski definition) is 0. The van der Waals surface area contributed by atoms with E-state index in [2.05, 4.69) is 0 Å². The van der Waals surface area contributed by atoms with E-state index in [1.54, 1.807) is 0 Å². The minimum atomic E-state index is 0. The van der Waals surface area contributed by atoms with Crippen LogP contribution >= 0.6 is 0 Å². The number of halogens is 3. The Kier molecular flexibility index (Phi) is 46500. The summed E-state index contributed by atoms with van der Waals surface area (Å²) in [6.45, 7) is 0. The Morgan fingerprint density at radius 1 is 0.800 bits per heavy atom. The van der Waals surface area contributed by atoms with Gasteiger partial charge in [0.15, 0.2) is 0 Å². The van der Waals surface area contributed by atoms with Crippen molar-refractivity contribution in [1.29, 1.82) is 0 Å². The van der Waals surface area contributed by atoms with Crippen molar-refractivity contribution in [2.24, 2.45) is 0 Å². The summed E-state index contributed by atoms with van der Waals surface area (Å²) < 4.78 is 8.00. The van der Waals surface area contributed by atoms with Crippen LogP contribution in [-0.4, -0.2) is 0 Å². The Morgan fingerprint density at radius 3 is 0.800 bits per heavy atom.